The average Bonchev–Trinajstić information content (AvgIpc) is 3.30. The second-order valence-electron chi connectivity index (χ2n) is 10.5. The highest BCUT2D eigenvalue weighted by molar-refractivity contribution is 5.99. The van der Waals surface area contributed by atoms with Crippen molar-refractivity contribution in [1.82, 2.24) is 14.9 Å². The Morgan fingerprint density at radius 1 is 1.12 bits per heavy atom. The van der Waals surface area contributed by atoms with Gasteiger partial charge in [0.15, 0.2) is 23.2 Å². The Balaban J connectivity index is 1.40. The number of aromatic nitrogens is 2. The minimum atomic E-state index is -0.736. The summed E-state index contributed by atoms with van der Waals surface area (Å²) in [6.07, 6.45) is 1.05. The molecule has 2 atom stereocenters. The standard InChI is InChI=1S/C29H32F2N6O5/c1-5-25(39)33-17-7-6-8-18(11-17)34-26-23(31)14-32-27(36-26)35-19-9-10-24(22(30)12-19)41-16-20-13-21(38)15-37(20)28(40)42-29(2,3)4/h5-12,14,20-21,38H,1,13,15-16H2,2-4H3,(H,33,39)(H2,32,34,35,36). The van der Waals surface area contributed by atoms with Crippen LogP contribution in [0.1, 0.15) is 27.2 Å². The molecule has 4 rings (SSSR count). The molecule has 0 bridgehead atoms. The number of hydrogen-bond donors (Lipinski definition) is 4. The highest BCUT2D eigenvalue weighted by Gasteiger charge is 2.37. The number of nitrogens with zero attached hydrogens (tertiary/aromatic N) is 3. The van der Waals surface area contributed by atoms with Gasteiger partial charge in [-0.25, -0.2) is 18.6 Å². The molecular formula is C29H32F2N6O5. The van der Waals surface area contributed by atoms with Gasteiger partial charge in [0, 0.05) is 23.1 Å². The molecule has 1 saturated heterocycles. The van der Waals surface area contributed by atoms with Gasteiger partial charge in [0.1, 0.15) is 12.2 Å². The highest BCUT2D eigenvalue weighted by atomic mass is 19.1. The van der Waals surface area contributed by atoms with Gasteiger partial charge in [-0.15, -0.1) is 0 Å². The monoisotopic (exact) mass is 582 g/mol. The third-order valence-electron chi connectivity index (χ3n) is 5.96. The molecule has 2 amide bonds. The van der Waals surface area contributed by atoms with Crippen LogP contribution in [-0.2, 0) is 9.53 Å². The molecule has 0 radical (unpaired) electrons. The summed E-state index contributed by atoms with van der Waals surface area (Å²) in [6, 6.07) is 10.2. The Labute approximate surface area is 241 Å². The quantitative estimate of drug-likeness (QED) is 0.254. The van der Waals surface area contributed by atoms with E-state index in [2.05, 4.69) is 32.5 Å². The smallest absolute Gasteiger partial charge is 0.410 e. The van der Waals surface area contributed by atoms with Gasteiger partial charge < -0.3 is 30.5 Å². The summed E-state index contributed by atoms with van der Waals surface area (Å²) in [5.74, 6) is -2.02. The predicted octanol–water partition coefficient (Wildman–Crippen LogP) is 5.12. The number of aliphatic hydroxyl groups excluding tert-OH is 1. The fourth-order valence-electron chi connectivity index (χ4n) is 4.12. The van der Waals surface area contributed by atoms with Gasteiger partial charge in [0.2, 0.25) is 11.9 Å². The molecule has 222 valence electrons. The predicted molar refractivity (Wildman–Crippen MR) is 153 cm³/mol. The fraction of sp³-hybridized carbons (Fsp3) is 0.310. The number of likely N-dealkylation sites (tertiary alicyclic amines) is 1. The van der Waals surface area contributed by atoms with Crippen molar-refractivity contribution in [3.05, 3.63) is 73.0 Å². The van der Waals surface area contributed by atoms with Crippen molar-refractivity contribution in [3.8, 4) is 5.75 Å². The van der Waals surface area contributed by atoms with Crippen LogP contribution in [-0.4, -0.2) is 62.9 Å². The summed E-state index contributed by atoms with van der Waals surface area (Å²) in [6.45, 7) is 8.69. The van der Waals surface area contributed by atoms with Crippen molar-refractivity contribution >= 4 is 40.8 Å². The van der Waals surface area contributed by atoms with Gasteiger partial charge in [-0.1, -0.05) is 12.6 Å². The minimum absolute atomic E-state index is 0.00368. The molecule has 0 saturated carbocycles. The van der Waals surface area contributed by atoms with Gasteiger partial charge in [0.05, 0.1) is 24.9 Å². The Kier molecular flexibility index (Phi) is 9.21. The van der Waals surface area contributed by atoms with E-state index >= 15 is 0 Å². The maximum atomic E-state index is 14.9. The number of carbonyl (C=O) groups is 2. The Morgan fingerprint density at radius 2 is 1.86 bits per heavy atom. The summed E-state index contributed by atoms with van der Waals surface area (Å²) in [5, 5.41) is 18.3. The summed E-state index contributed by atoms with van der Waals surface area (Å²) >= 11 is 0. The molecule has 1 aliphatic heterocycles. The summed E-state index contributed by atoms with van der Waals surface area (Å²) < 4.78 is 40.4. The number of aliphatic hydroxyl groups is 1. The van der Waals surface area contributed by atoms with Crippen molar-refractivity contribution in [1.29, 1.82) is 0 Å². The number of ether oxygens (including phenoxy) is 2. The number of β-amino-alcohol motifs (C(OH)–C–C–N with tert-alkyl or cyclic N) is 1. The lowest BCUT2D eigenvalue weighted by molar-refractivity contribution is -0.111. The molecule has 4 N–H and O–H groups in total. The molecule has 11 nitrogen and oxygen atoms in total. The lowest BCUT2D eigenvalue weighted by Gasteiger charge is -2.28. The molecule has 42 heavy (non-hydrogen) atoms. The van der Waals surface area contributed by atoms with Crippen LogP contribution in [0.5, 0.6) is 5.75 Å². The third kappa shape index (κ3) is 8.13. The largest absolute Gasteiger partial charge is 0.488 e. The number of hydrogen-bond acceptors (Lipinski definition) is 9. The average molecular weight is 583 g/mol. The maximum Gasteiger partial charge on any atom is 0.410 e. The molecule has 2 unspecified atom stereocenters. The fourth-order valence-corrected chi connectivity index (χ4v) is 4.12. The lowest BCUT2D eigenvalue weighted by atomic mass is 10.2. The Morgan fingerprint density at radius 3 is 2.57 bits per heavy atom. The van der Waals surface area contributed by atoms with E-state index in [1.165, 1.54) is 17.0 Å². The van der Waals surface area contributed by atoms with E-state index in [0.29, 0.717) is 11.4 Å². The first-order valence-electron chi connectivity index (χ1n) is 13.1. The van der Waals surface area contributed by atoms with Crippen molar-refractivity contribution in [2.24, 2.45) is 0 Å². The zero-order chi connectivity index (χ0) is 30.4. The lowest BCUT2D eigenvalue weighted by Crippen LogP contribution is -2.42. The minimum Gasteiger partial charge on any atom is -0.488 e. The molecule has 2 heterocycles. The van der Waals surface area contributed by atoms with Crippen molar-refractivity contribution in [3.63, 3.8) is 0 Å². The molecular weight excluding hydrogens is 550 g/mol. The van der Waals surface area contributed by atoms with Crippen LogP contribution in [0.4, 0.5) is 42.4 Å². The Bertz CT molecular complexity index is 1460. The molecule has 1 fully saturated rings. The van der Waals surface area contributed by atoms with Crippen molar-refractivity contribution in [2.75, 3.05) is 29.1 Å². The van der Waals surface area contributed by atoms with Crippen LogP contribution in [0.3, 0.4) is 0 Å². The molecule has 0 spiro atoms. The number of benzene rings is 2. The van der Waals surface area contributed by atoms with E-state index in [9.17, 15) is 23.5 Å². The van der Waals surface area contributed by atoms with Crippen molar-refractivity contribution < 1.29 is 33.0 Å². The second-order valence-corrected chi connectivity index (χ2v) is 10.5. The molecule has 1 aromatic heterocycles. The van der Waals surface area contributed by atoms with Gasteiger partial charge in [0.25, 0.3) is 0 Å². The van der Waals surface area contributed by atoms with Gasteiger partial charge in [-0.3, -0.25) is 9.69 Å². The van der Waals surface area contributed by atoms with Crippen LogP contribution >= 0.6 is 0 Å². The van der Waals surface area contributed by atoms with Crippen LogP contribution in [0.25, 0.3) is 0 Å². The number of rotatable bonds is 9. The van der Waals surface area contributed by atoms with E-state index in [1.807, 2.05) is 0 Å². The zero-order valence-electron chi connectivity index (χ0n) is 23.4. The van der Waals surface area contributed by atoms with E-state index in [-0.39, 0.29) is 42.8 Å². The number of anilines is 5. The first-order chi connectivity index (χ1) is 19.9. The molecule has 0 aliphatic carbocycles. The first-order valence-corrected chi connectivity index (χ1v) is 13.1. The molecule has 3 aromatic rings. The van der Waals surface area contributed by atoms with E-state index < -0.39 is 41.4 Å². The third-order valence-corrected chi connectivity index (χ3v) is 5.96. The van der Waals surface area contributed by atoms with Crippen LogP contribution < -0.4 is 20.7 Å². The van der Waals surface area contributed by atoms with Gasteiger partial charge >= 0.3 is 6.09 Å². The van der Waals surface area contributed by atoms with Gasteiger partial charge in [-0.05, 0) is 63.6 Å². The highest BCUT2D eigenvalue weighted by Crippen LogP contribution is 2.27. The SMILES string of the molecule is C=CC(=O)Nc1cccc(Nc2nc(Nc3ccc(OCC4CC(O)CN4C(=O)OC(C)(C)C)c(F)c3)ncc2F)c1. The molecule has 2 aromatic carbocycles. The van der Waals surface area contributed by atoms with Crippen LogP contribution in [0.15, 0.2) is 61.3 Å². The van der Waals surface area contributed by atoms with E-state index in [1.54, 1.807) is 45.0 Å². The summed E-state index contributed by atoms with van der Waals surface area (Å²) in [7, 11) is 0. The van der Waals surface area contributed by atoms with Gasteiger partial charge in [-0.2, -0.15) is 4.98 Å². The van der Waals surface area contributed by atoms with E-state index in [0.717, 1.165) is 18.3 Å². The maximum absolute atomic E-state index is 14.9. The number of nitrogens with one attached hydrogen (secondary N) is 3. The number of amides is 2. The van der Waals surface area contributed by atoms with Crippen molar-refractivity contribution in [2.45, 2.75) is 44.9 Å². The van der Waals surface area contributed by atoms with Crippen LogP contribution in [0, 0.1) is 11.6 Å². The summed E-state index contributed by atoms with van der Waals surface area (Å²) in [4.78, 5) is 33.5. The van der Waals surface area contributed by atoms with Crippen LogP contribution in [0.2, 0.25) is 0 Å². The summed E-state index contributed by atoms with van der Waals surface area (Å²) in [5.41, 5.74) is 0.495. The Hall–Kier alpha value is -4.78. The normalized spacial score (nSPS) is 16.5. The number of carbonyl (C=O) groups excluding carboxylic acids is 2. The molecule has 1 aliphatic rings. The topological polar surface area (TPSA) is 138 Å². The molecule has 13 heteroatoms. The number of halogens is 2. The second kappa shape index (κ2) is 12.8. The first kappa shape index (κ1) is 30.2. The zero-order valence-corrected chi connectivity index (χ0v) is 23.4. The van der Waals surface area contributed by atoms with E-state index in [4.69, 9.17) is 9.47 Å².